The molecule has 1 heterocycles. The van der Waals surface area contributed by atoms with Crippen molar-refractivity contribution >= 4 is 23.3 Å². The molecule has 0 saturated carbocycles. The minimum absolute atomic E-state index is 0.0361. The third kappa shape index (κ3) is 2.53. The number of hydrogen-bond acceptors (Lipinski definition) is 4. The number of nitrogens with two attached hydrogens (primary N) is 1. The molecular formula is C13H17N3O3. The van der Waals surface area contributed by atoms with Crippen molar-refractivity contribution in [1.29, 1.82) is 0 Å². The summed E-state index contributed by atoms with van der Waals surface area (Å²) in [7, 11) is 1.82. The van der Waals surface area contributed by atoms with Crippen LogP contribution in [0.2, 0.25) is 0 Å². The third-order valence-corrected chi connectivity index (χ3v) is 3.18. The highest BCUT2D eigenvalue weighted by molar-refractivity contribution is 6.04. The van der Waals surface area contributed by atoms with Crippen LogP contribution >= 0.6 is 0 Å². The molecule has 1 aromatic carbocycles. The van der Waals surface area contributed by atoms with Crippen LogP contribution in [0, 0.1) is 0 Å². The molecule has 1 aliphatic heterocycles. The van der Waals surface area contributed by atoms with E-state index in [0.717, 1.165) is 5.69 Å². The minimum atomic E-state index is -0.998. The van der Waals surface area contributed by atoms with E-state index in [1.165, 1.54) is 0 Å². The first-order chi connectivity index (χ1) is 9.04. The van der Waals surface area contributed by atoms with Gasteiger partial charge in [-0.25, -0.2) is 4.79 Å². The summed E-state index contributed by atoms with van der Waals surface area (Å²) in [4.78, 5) is 26.5. The highest BCUT2D eigenvalue weighted by Gasteiger charge is 2.27. The summed E-state index contributed by atoms with van der Waals surface area (Å²) in [5, 5.41) is 9.04. The molecule has 1 aliphatic rings. The van der Waals surface area contributed by atoms with Crippen molar-refractivity contribution in [2.24, 2.45) is 5.73 Å². The van der Waals surface area contributed by atoms with E-state index >= 15 is 0 Å². The quantitative estimate of drug-likeness (QED) is 0.826. The van der Waals surface area contributed by atoms with Gasteiger partial charge in [0, 0.05) is 13.6 Å². The Labute approximate surface area is 111 Å². The molecular weight excluding hydrogens is 246 g/mol. The number of likely N-dealkylation sites (N-methyl/N-ethyl adjacent to an activating group) is 1. The average molecular weight is 263 g/mol. The smallest absolute Gasteiger partial charge is 0.335 e. The second-order valence-electron chi connectivity index (χ2n) is 4.55. The van der Waals surface area contributed by atoms with E-state index in [2.05, 4.69) is 0 Å². The first-order valence-corrected chi connectivity index (χ1v) is 6.13. The zero-order valence-electron chi connectivity index (χ0n) is 10.8. The van der Waals surface area contributed by atoms with E-state index in [1.807, 2.05) is 11.9 Å². The van der Waals surface area contributed by atoms with Crippen molar-refractivity contribution < 1.29 is 14.7 Å². The van der Waals surface area contributed by atoms with Crippen molar-refractivity contribution in [1.82, 2.24) is 0 Å². The Kier molecular flexibility index (Phi) is 3.71. The van der Waals surface area contributed by atoms with Crippen LogP contribution in [0.5, 0.6) is 0 Å². The predicted octanol–water partition coefficient (Wildman–Crippen LogP) is 0.516. The van der Waals surface area contributed by atoms with E-state index in [-0.39, 0.29) is 11.5 Å². The maximum atomic E-state index is 12.1. The maximum absolute atomic E-state index is 12.1. The molecule has 0 aliphatic carbocycles. The number of anilines is 2. The van der Waals surface area contributed by atoms with Gasteiger partial charge in [0.1, 0.15) is 0 Å². The highest BCUT2D eigenvalue weighted by Crippen LogP contribution is 2.33. The maximum Gasteiger partial charge on any atom is 0.335 e. The summed E-state index contributed by atoms with van der Waals surface area (Å²) in [5.41, 5.74) is 7.16. The number of rotatable bonds is 4. The SMILES string of the molecule is CN1CC(=O)N(CCCN)c2cc(C(=O)O)ccc21. The molecule has 0 atom stereocenters. The van der Waals surface area contributed by atoms with Gasteiger partial charge in [0.05, 0.1) is 23.5 Å². The normalized spacial score (nSPS) is 14.5. The number of carbonyl (C=O) groups excluding carboxylic acids is 1. The molecule has 3 N–H and O–H groups in total. The molecule has 1 amide bonds. The fourth-order valence-electron chi connectivity index (χ4n) is 2.20. The molecule has 0 unspecified atom stereocenters. The summed E-state index contributed by atoms with van der Waals surface area (Å²) in [5.74, 6) is -1.03. The van der Waals surface area contributed by atoms with Crippen LogP contribution in [0.1, 0.15) is 16.8 Å². The highest BCUT2D eigenvalue weighted by atomic mass is 16.4. The standard InChI is InChI=1S/C13H17N3O3/c1-15-8-12(17)16(6-2-5-14)11-7-9(13(18)19)3-4-10(11)15/h3-4,7H,2,5-6,8,14H2,1H3,(H,18,19). The van der Waals surface area contributed by atoms with Crippen LogP contribution in [0.3, 0.4) is 0 Å². The number of aromatic carboxylic acids is 1. The number of amides is 1. The molecule has 19 heavy (non-hydrogen) atoms. The van der Waals surface area contributed by atoms with Crippen LogP contribution in [0.4, 0.5) is 11.4 Å². The van der Waals surface area contributed by atoms with Crippen molar-refractivity contribution in [3.05, 3.63) is 23.8 Å². The summed E-state index contributed by atoms with van der Waals surface area (Å²) in [6, 6.07) is 4.83. The van der Waals surface area contributed by atoms with Gasteiger partial charge < -0.3 is 20.6 Å². The summed E-state index contributed by atoms with van der Waals surface area (Å²) < 4.78 is 0. The van der Waals surface area contributed by atoms with Crippen LogP contribution < -0.4 is 15.5 Å². The summed E-state index contributed by atoms with van der Waals surface area (Å²) >= 11 is 0. The van der Waals surface area contributed by atoms with Gasteiger partial charge >= 0.3 is 5.97 Å². The molecule has 6 nitrogen and oxygen atoms in total. The predicted molar refractivity (Wildman–Crippen MR) is 72.7 cm³/mol. The molecule has 2 rings (SSSR count). The van der Waals surface area contributed by atoms with E-state index in [0.29, 0.717) is 31.7 Å². The van der Waals surface area contributed by atoms with Gasteiger partial charge in [0.2, 0.25) is 5.91 Å². The average Bonchev–Trinajstić information content (AvgIpc) is 2.37. The Hall–Kier alpha value is -2.08. The number of fused-ring (bicyclic) bond motifs is 1. The number of hydrogen-bond donors (Lipinski definition) is 2. The monoisotopic (exact) mass is 263 g/mol. The number of carbonyl (C=O) groups is 2. The van der Waals surface area contributed by atoms with Crippen molar-refractivity contribution in [3.63, 3.8) is 0 Å². The Morgan fingerprint density at radius 1 is 1.42 bits per heavy atom. The van der Waals surface area contributed by atoms with Crippen LogP contribution in [-0.4, -0.2) is 43.7 Å². The van der Waals surface area contributed by atoms with Gasteiger partial charge in [0.15, 0.2) is 0 Å². The number of nitrogens with zero attached hydrogens (tertiary/aromatic N) is 2. The van der Waals surface area contributed by atoms with Crippen molar-refractivity contribution in [3.8, 4) is 0 Å². The van der Waals surface area contributed by atoms with Gasteiger partial charge in [-0.3, -0.25) is 4.79 Å². The lowest BCUT2D eigenvalue weighted by atomic mass is 10.1. The lowest BCUT2D eigenvalue weighted by molar-refractivity contribution is -0.117. The van der Waals surface area contributed by atoms with E-state index in [1.54, 1.807) is 23.1 Å². The number of carboxylic acids is 1. The van der Waals surface area contributed by atoms with Gasteiger partial charge in [-0.1, -0.05) is 0 Å². The van der Waals surface area contributed by atoms with Gasteiger partial charge in [-0.05, 0) is 31.2 Å². The van der Waals surface area contributed by atoms with E-state index in [9.17, 15) is 9.59 Å². The second-order valence-corrected chi connectivity index (χ2v) is 4.55. The lowest BCUT2D eigenvalue weighted by Gasteiger charge is -2.35. The van der Waals surface area contributed by atoms with Crippen LogP contribution in [-0.2, 0) is 4.79 Å². The third-order valence-electron chi connectivity index (χ3n) is 3.18. The zero-order valence-corrected chi connectivity index (χ0v) is 10.8. The van der Waals surface area contributed by atoms with Crippen LogP contribution in [0.25, 0.3) is 0 Å². The first kappa shape index (κ1) is 13.4. The molecule has 6 heteroatoms. The molecule has 0 aromatic heterocycles. The van der Waals surface area contributed by atoms with Crippen molar-refractivity contribution in [2.45, 2.75) is 6.42 Å². The fourth-order valence-corrected chi connectivity index (χ4v) is 2.20. The number of carboxylic acid groups (broad SMARTS) is 1. The second kappa shape index (κ2) is 5.27. The van der Waals surface area contributed by atoms with Gasteiger partial charge in [-0.15, -0.1) is 0 Å². The molecule has 0 spiro atoms. The first-order valence-electron chi connectivity index (χ1n) is 6.13. The van der Waals surface area contributed by atoms with Crippen LogP contribution in [0.15, 0.2) is 18.2 Å². The molecule has 1 aromatic rings. The molecule has 0 radical (unpaired) electrons. The largest absolute Gasteiger partial charge is 0.478 e. The Bertz CT molecular complexity index is 516. The fraction of sp³-hybridized carbons (Fsp3) is 0.385. The lowest BCUT2D eigenvalue weighted by Crippen LogP contribution is -2.45. The topological polar surface area (TPSA) is 86.9 Å². The molecule has 102 valence electrons. The van der Waals surface area contributed by atoms with Gasteiger partial charge in [0.25, 0.3) is 0 Å². The molecule has 0 fully saturated rings. The minimum Gasteiger partial charge on any atom is -0.478 e. The van der Waals surface area contributed by atoms with E-state index < -0.39 is 5.97 Å². The Balaban J connectivity index is 2.43. The Morgan fingerprint density at radius 2 is 2.16 bits per heavy atom. The number of benzene rings is 1. The molecule has 0 saturated heterocycles. The Morgan fingerprint density at radius 3 is 2.79 bits per heavy atom. The summed E-state index contributed by atoms with van der Waals surface area (Å²) in [6.45, 7) is 1.30. The molecule has 0 bridgehead atoms. The van der Waals surface area contributed by atoms with E-state index in [4.69, 9.17) is 10.8 Å². The van der Waals surface area contributed by atoms with Crippen molar-refractivity contribution in [2.75, 3.05) is 36.5 Å². The summed E-state index contributed by atoms with van der Waals surface area (Å²) in [6.07, 6.45) is 0.687. The van der Waals surface area contributed by atoms with Gasteiger partial charge in [-0.2, -0.15) is 0 Å². The zero-order chi connectivity index (χ0) is 14.0.